The van der Waals surface area contributed by atoms with Gasteiger partial charge in [0, 0.05) is 11.6 Å². The van der Waals surface area contributed by atoms with E-state index in [1.807, 2.05) is 0 Å². The van der Waals surface area contributed by atoms with Gasteiger partial charge in [0.15, 0.2) is 6.23 Å². The lowest BCUT2D eigenvalue weighted by molar-refractivity contribution is -0.0509. The number of nitrogens with zero attached hydrogens (tertiary/aromatic N) is 1. The molecule has 0 amide bonds. The molecule has 0 spiro atoms. The molecule has 1 aliphatic rings. The lowest BCUT2D eigenvalue weighted by Crippen LogP contribution is -2.33. The first kappa shape index (κ1) is 18.7. The summed E-state index contributed by atoms with van der Waals surface area (Å²) in [5, 5.41) is 29.0. The lowest BCUT2D eigenvalue weighted by atomic mass is 10.1. The Hall–Kier alpha value is -2.04. The molecule has 0 unspecified atom stereocenters. The first-order chi connectivity index (χ1) is 12.3. The number of aromatic nitrogens is 1. The van der Waals surface area contributed by atoms with E-state index < -0.39 is 53.9 Å². The highest BCUT2D eigenvalue weighted by molar-refractivity contribution is 6.31. The standard InChI is InChI=1S/C16H15ClFNO7/c1-25-16(24)7-4-19(15-14(23)13(22)11(5-20)26-15)10-3-8(17)9(18)2-6(10)12(7)21/h2-4,11,13-15,20,22-23H,5H2,1H3/t11-,13-,14-,15-/m1/s1. The minimum Gasteiger partial charge on any atom is -0.465 e. The summed E-state index contributed by atoms with van der Waals surface area (Å²) in [6.07, 6.45) is -4.15. The van der Waals surface area contributed by atoms with Crippen molar-refractivity contribution >= 4 is 28.5 Å². The number of ether oxygens (including phenoxy) is 2. The van der Waals surface area contributed by atoms with Gasteiger partial charge >= 0.3 is 5.97 Å². The summed E-state index contributed by atoms with van der Waals surface area (Å²) in [5.74, 6) is -1.83. The van der Waals surface area contributed by atoms with Gasteiger partial charge in [0.1, 0.15) is 29.7 Å². The molecular formula is C16H15ClFNO7. The number of halogens is 2. The maximum atomic E-state index is 13.9. The third kappa shape index (κ3) is 2.87. The second-order valence-corrected chi connectivity index (χ2v) is 6.19. The number of carbonyl (C=O) groups is 1. The number of rotatable bonds is 3. The molecule has 2 aromatic rings. The Morgan fingerprint density at radius 3 is 2.65 bits per heavy atom. The highest BCUT2D eigenvalue weighted by atomic mass is 35.5. The van der Waals surface area contributed by atoms with Crippen LogP contribution in [-0.2, 0) is 9.47 Å². The molecule has 2 heterocycles. The van der Waals surface area contributed by atoms with E-state index in [4.69, 9.17) is 16.3 Å². The average molecular weight is 388 g/mol. The van der Waals surface area contributed by atoms with Crippen molar-refractivity contribution in [3.8, 4) is 0 Å². The number of hydrogen-bond donors (Lipinski definition) is 3. The smallest absolute Gasteiger partial charge is 0.343 e. The van der Waals surface area contributed by atoms with Crippen molar-refractivity contribution in [2.24, 2.45) is 0 Å². The summed E-state index contributed by atoms with van der Waals surface area (Å²) in [6.45, 7) is -0.563. The van der Waals surface area contributed by atoms with Gasteiger partial charge in [-0.05, 0) is 12.1 Å². The van der Waals surface area contributed by atoms with E-state index in [0.717, 1.165) is 25.4 Å². The van der Waals surface area contributed by atoms with Crippen LogP contribution < -0.4 is 5.43 Å². The fraction of sp³-hybridized carbons (Fsp3) is 0.375. The maximum absolute atomic E-state index is 13.9. The van der Waals surface area contributed by atoms with E-state index in [0.29, 0.717) is 0 Å². The predicted molar refractivity (Wildman–Crippen MR) is 87.5 cm³/mol. The van der Waals surface area contributed by atoms with Gasteiger partial charge in [0.2, 0.25) is 5.43 Å². The summed E-state index contributed by atoms with van der Waals surface area (Å²) in [7, 11) is 1.07. The van der Waals surface area contributed by atoms with Gasteiger partial charge in [-0.15, -0.1) is 0 Å². The molecular weight excluding hydrogens is 373 g/mol. The first-order valence-corrected chi connectivity index (χ1v) is 7.92. The Kier molecular flexibility index (Phi) is 5.00. The van der Waals surface area contributed by atoms with E-state index in [-0.39, 0.29) is 15.9 Å². The molecule has 8 nitrogen and oxygen atoms in total. The molecule has 140 valence electrons. The van der Waals surface area contributed by atoms with Crippen molar-refractivity contribution in [1.82, 2.24) is 4.57 Å². The Bertz CT molecular complexity index is 931. The highest BCUT2D eigenvalue weighted by Gasteiger charge is 2.43. The van der Waals surface area contributed by atoms with Gasteiger partial charge in [-0.1, -0.05) is 11.6 Å². The lowest BCUT2D eigenvalue weighted by Gasteiger charge is -2.22. The SMILES string of the molecule is COC(=O)c1cn([C@@H]2O[C@H](CO)[C@@H](O)[C@H]2O)c2cc(Cl)c(F)cc2c1=O. The molecule has 0 saturated carbocycles. The van der Waals surface area contributed by atoms with Crippen molar-refractivity contribution in [1.29, 1.82) is 0 Å². The maximum Gasteiger partial charge on any atom is 0.343 e. The number of hydrogen-bond acceptors (Lipinski definition) is 7. The fourth-order valence-corrected chi connectivity index (χ4v) is 3.08. The molecule has 4 atom stereocenters. The average Bonchev–Trinajstić information content (AvgIpc) is 2.91. The second-order valence-electron chi connectivity index (χ2n) is 5.78. The number of aliphatic hydroxyl groups is 3. The number of aliphatic hydroxyl groups excluding tert-OH is 3. The Morgan fingerprint density at radius 1 is 1.38 bits per heavy atom. The highest BCUT2D eigenvalue weighted by Crippen LogP contribution is 2.32. The zero-order chi connectivity index (χ0) is 19.2. The van der Waals surface area contributed by atoms with Crippen LogP contribution in [-0.4, -0.2) is 57.9 Å². The number of esters is 1. The van der Waals surface area contributed by atoms with Crippen LogP contribution in [0.3, 0.4) is 0 Å². The van der Waals surface area contributed by atoms with Crippen molar-refractivity contribution < 1.29 is 34.0 Å². The Balaban J connectivity index is 2.30. The molecule has 1 aromatic carbocycles. The largest absolute Gasteiger partial charge is 0.465 e. The Morgan fingerprint density at radius 2 is 2.08 bits per heavy atom. The minimum atomic E-state index is -1.48. The van der Waals surface area contributed by atoms with Crippen LogP contribution >= 0.6 is 11.6 Å². The molecule has 26 heavy (non-hydrogen) atoms. The van der Waals surface area contributed by atoms with Gasteiger partial charge in [-0.25, -0.2) is 9.18 Å². The topological polar surface area (TPSA) is 118 Å². The summed E-state index contributed by atoms with van der Waals surface area (Å²) in [5.41, 5.74) is -1.13. The van der Waals surface area contributed by atoms with Gasteiger partial charge in [0.25, 0.3) is 0 Å². The van der Waals surface area contributed by atoms with Crippen LogP contribution in [0.4, 0.5) is 4.39 Å². The summed E-state index contributed by atoms with van der Waals surface area (Å²) in [6, 6.07) is 2.01. The minimum absolute atomic E-state index is 0.0730. The van der Waals surface area contributed by atoms with Crippen LogP contribution in [0.15, 0.2) is 23.1 Å². The number of methoxy groups -OCH3 is 1. The van der Waals surface area contributed by atoms with E-state index in [9.17, 15) is 29.3 Å². The molecule has 1 aromatic heterocycles. The van der Waals surface area contributed by atoms with Crippen LogP contribution in [0, 0.1) is 5.82 Å². The van der Waals surface area contributed by atoms with Crippen molar-refractivity contribution in [3.05, 3.63) is 45.0 Å². The Labute approximate surface area is 150 Å². The van der Waals surface area contributed by atoms with Crippen molar-refractivity contribution in [3.63, 3.8) is 0 Å². The molecule has 0 radical (unpaired) electrons. The van der Waals surface area contributed by atoms with Gasteiger partial charge in [0.05, 0.1) is 24.3 Å². The second kappa shape index (κ2) is 6.93. The fourth-order valence-electron chi connectivity index (χ4n) is 2.92. The normalized spacial score (nSPS) is 25.6. The first-order valence-electron chi connectivity index (χ1n) is 7.54. The molecule has 1 saturated heterocycles. The van der Waals surface area contributed by atoms with Gasteiger partial charge in [-0.2, -0.15) is 0 Å². The van der Waals surface area contributed by atoms with E-state index in [2.05, 4.69) is 4.74 Å². The monoisotopic (exact) mass is 387 g/mol. The molecule has 3 N–H and O–H groups in total. The summed E-state index contributed by atoms with van der Waals surface area (Å²) < 4.78 is 25.0. The van der Waals surface area contributed by atoms with E-state index in [1.54, 1.807) is 0 Å². The number of benzene rings is 1. The molecule has 10 heteroatoms. The van der Waals surface area contributed by atoms with Gasteiger partial charge < -0.3 is 29.4 Å². The van der Waals surface area contributed by atoms with Crippen LogP contribution in [0.5, 0.6) is 0 Å². The molecule has 0 aliphatic carbocycles. The predicted octanol–water partition coefficient (Wildman–Crippen LogP) is 0.192. The number of pyridine rings is 1. The quantitative estimate of drug-likeness (QED) is 0.643. The summed E-state index contributed by atoms with van der Waals surface area (Å²) >= 11 is 5.79. The number of fused-ring (bicyclic) bond motifs is 1. The van der Waals surface area contributed by atoms with Crippen molar-refractivity contribution in [2.75, 3.05) is 13.7 Å². The van der Waals surface area contributed by atoms with Crippen LogP contribution in [0.25, 0.3) is 10.9 Å². The number of carbonyl (C=O) groups excluding carboxylic acids is 1. The van der Waals surface area contributed by atoms with E-state index in [1.165, 1.54) is 4.57 Å². The molecule has 3 rings (SSSR count). The molecule has 0 bridgehead atoms. The molecule has 1 fully saturated rings. The molecule has 1 aliphatic heterocycles. The van der Waals surface area contributed by atoms with Gasteiger partial charge in [-0.3, -0.25) is 4.79 Å². The van der Waals surface area contributed by atoms with E-state index >= 15 is 0 Å². The van der Waals surface area contributed by atoms with Crippen LogP contribution in [0.2, 0.25) is 5.02 Å². The third-order valence-electron chi connectivity index (χ3n) is 4.27. The zero-order valence-electron chi connectivity index (χ0n) is 13.4. The third-order valence-corrected chi connectivity index (χ3v) is 4.56. The van der Waals surface area contributed by atoms with Crippen molar-refractivity contribution in [2.45, 2.75) is 24.5 Å². The summed E-state index contributed by atoms with van der Waals surface area (Å²) in [4.78, 5) is 24.4. The zero-order valence-corrected chi connectivity index (χ0v) is 14.2. The van der Waals surface area contributed by atoms with Crippen LogP contribution in [0.1, 0.15) is 16.6 Å².